The van der Waals surface area contributed by atoms with E-state index in [1.54, 1.807) is 23.5 Å². The van der Waals surface area contributed by atoms with Crippen molar-refractivity contribution in [1.29, 1.82) is 0 Å². The fourth-order valence-electron chi connectivity index (χ4n) is 1.89. The van der Waals surface area contributed by atoms with Crippen LogP contribution in [0.1, 0.15) is 4.88 Å². The molecule has 0 aliphatic heterocycles. The number of nitrogens with two attached hydrogens (primary N) is 1. The van der Waals surface area contributed by atoms with Gasteiger partial charge in [0, 0.05) is 9.35 Å². The van der Waals surface area contributed by atoms with E-state index in [4.69, 9.17) is 28.9 Å². The van der Waals surface area contributed by atoms with Gasteiger partial charge in [0.05, 0.1) is 27.6 Å². The molecule has 0 atom stereocenters. The maximum Gasteiger partial charge on any atom is 0.201 e. The molecule has 0 spiro atoms. The number of fused-ring (bicyclic) bond motifs is 1. The van der Waals surface area contributed by atoms with E-state index in [1.807, 2.05) is 16.0 Å². The minimum Gasteiger partial charge on any atom is -0.369 e. The SMILES string of the molecule is Nc1nc2cc(Cl)c(Cl)cc2n1Cc1sccc1Br. The molecule has 3 aromatic rings. The zero-order valence-electron chi connectivity index (χ0n) is 9.53. The van der Waals surface area contributed by atoms with E-state index in [-0.39, 0.29) is 0 Å². The van der Waals surface area contributed by atoms with Crippen molar-refractivity contribution in [3.05, 3.63) is 43.0 Å². The summed E-state index contributed by atoms with van der Waals surface area (Å²) in [6, 6.07) is 5.54. The first-order valence-corrected chi connectivity index (χ1v) is 7.81. The van der Waals surface area contributed by atoms with Crippen LogP contribution in [0.5, 0.6) is 0 Å². The third-order valence-corrected chi connectivity index (χ3v) is 5.45. The first-order chi connectivity index (χ1) is 9.06. The van der Waals surface area contributed by atoms with Crippen LogP contribution in [-0.4, -0.2) is 9.55 Å². The van der Waals surface area contributed by atoms with E-state index in [9.17, 15) is 0 Å². The van der Waals surface area contributed by atoms with Gasteiger partial charge in [0.2, 0.25) is 5.95 Å². The van der Waals surface area contributed by atoms with Gasteiger partial charge in [0.1, 0.15) is 0 Å². The molecule has 0 aliphatic rings. The maximum absolute atomic E-state index is 6.06. The van der Waals surface area contributed by atoms with Crippen molar-refractivity contribution >= 4 is 67.5 Å². The van der Waals surface area contributed by atoms with Gasteiger partial charge in [-0.2, -0.15) is 0 Å². The van der Waals surface area contributed by atoms with Crippen molar-refractivity contribution in [2.75, 3.05) is 5.73 Å². The molecule has 0 amide bonds. The number of hydrogen-bond acceptors (Lipinski definition) is 3. The Kier molecular flexibility index (Phi) is 3.47. The van der Waals surface area contributed by atoms with E-state index >= 15 is 0 Å². The van der Waals surface area contributed by atoms with Gasteiger partial charge in [-0.3, -0.25) is 0 Å². The van der Waals surface area contributed by atoms with Crippen LogP contribution in [0.4, 0.5) is 5.95 Å². The molecular formula is C12H8BrCl2N3S. The topological polar surface area (TPSA) is 43.8 Å². The summed E-state index contributed by atoms with van der Waals surface area (Å²) >= 11 is 17.2. The Morgan fingerprint density at radius 1 is 1.32 bits per heavy atom. The summed E-state index contributed by atoms with van der Waals surface area (Å²) in [4.78, 5) is 5.49. The van der Waals surface area contributed by atoms with Gasteiger partial charge in [-0.25, -0.2) is 4.98 Å². The summed E-state index contributed by atoms with van der Waals surface area (Å²) in [6.07, 6.45) is 0. The minimum atomic E-state index is 0.452. The molecule has 7 heteroatoms. The number of nitrogens with zero attached hydrogens (tertiary/aromatic N) is 2. The van der Waals surface area contributed by atoms with Crippen LogP contribution in [0.2, 0.25) is 10.0 Å². The summed E-state index contributed by atoms with van der Waals surface area (Å²) in [5.74, 6) is 0.452. The Hall–Kier alpha value is -0.750. The number of imidazole rings is 1. The molecule has 0 unspecified atom stereocenters. The normalized spacial score (nSPS) is 11.3. The maximum atomic E-state index is 6.06. The number of hydrogen-bond donors (Lipinski definition) is 1. The van der Waals surface area contributed by atoms with Gasteiger partial charge in [-0.1, -0.05) is 23.2 Å². The lowest BCUT2D eigenvalue weighted by atomic mass is 10.3. The molecule has 2 N–H and O–H groups in total. The lowest BCUT2D eigenvalue weighted by Gasteiger charge is -2.06. The van der Waals surface area contributed by atoms with Gasteiger partial charge >= 0.3 is 0 Å². The van der Waals surface area contributed by atoms with E-state index in [1.165, 1.54) is 4.88 Å². The first-order valence-electron chi connectivity index (χ1n) is 5.39. The third kappa shape index (κ3) is 2.36. The zero-order chi connectivity index (χ0) is 13.6. The van der Waals surface area contributed by atoms with Gasteiger partial charge in [0.25, 0.3) is 0 Å². The van der Waals surface area contributed by atoms with Crippen molar-refractivity contribution in [2.45, 2.75) is 6.54 Å². The highest BCUT2D eigenvalue weighted by Crippen LogP contribution is 2.31. The van der Waals surface area contributed by atoms with Crippen molar-refractivity contribution < 1.29 is 0 Å². The Morgan fingerprint density at radius 3 is 2.74 bits per heavy atom. The Bertz CT molecular complexity index is 766. The van der Waals surface area contributed by atoms with Gasteiger partial charge in [0.15, 0.2) is 0 Å². The van der Waals surface area contributed by atoms with Crippen molar-refractivity contribution in [3.63, 3.8) is 0 Å². The average molecular weight is 377 g/mol. The lowest BCUT2D eigenvalue weighted by Crippen LogP contribution is -2.03. The lowest BCUT2D eigenvalue weighted by molar-refractivity contribution is 0.850. The highest BCUT2D eigenvalue weighted by Gasteiger charge is 2.13. The van der Waals surface area contributed by atoms with Gasteiger partial charge in [-0.15, -0.1) is 11.3 Å². The van der Waals surface area contributed by atoms with Crippen molar-refractivity contribution in [2.24, 2.45) is 0 Å². The van der Waals surface area contributed by atoms with Crippen molar-refractivity contribution in [1.82, 2.24) is 9.55 Å². The molecule has 2 heterocycles. The number of anilines is 1. The van der Waals surface area contributed by atoms with E-state index in [0.717, 1.165) is 15.5 Å². The van der Waals surface area contributed by atoms with E-state index in [0.29, 0.717) is 22.5 Å². The quantitative estimate of drug-likeness (QED) is 0.698. The van der Waals surface area contributed by atoms with Crippen molar-refractivity contribution in [3.8, 4) is 0 Å². The smallest absolute Gasteiger partial charge is 0.201 e. The van der Waals surface area contributed by atoms with Crippen LogP contribution in [0.15, 0.2) is 28.1 Å². The summed E-state index contributed by atoms with van der Waals surface area (Å²) in [7, 11) is 0. The molecule has 2 aromatic heterocycles. The van der Waals surface area contributed by atoms with E-state index < -0.39 is 0 Å². The largest absolute Gasteiger partial charge is 0.369 e. The second-order valence-corrected chi connectivity index (χ2v) is 6.67. The van der Waals surface area contributed by atoms with Crippen LogP contribution in [-0.2, 0) is 6.54 Å². The molecule has 0 saturated heterocycles. The molecule has 19 heavy (non-hydrogen) atoms. The second kappa shape index (κ2) is 4.98. The van der Waals surface area contributed by atoms with Crippen LogP contribution in [0.3, 0.4) is 0 Å². The van der Waals surface area contributed by atoms with Crippen LogP contribution < -0.4 is 5.73 Å². The number of nitrogen functional groups attached to an aromatic ring is 1. The van der Waals surface area contributed by atoms with Crippen LogP contribution in [0, 0.1) is 0 Å². The fraction of sp³-hybridized carbons (Fsp3) is 0.0833. The predicted octanol–water partition coefficient (Wildman–Crippen LogP) is 4.80. The zero-order valence-corrected chi connectivity index (χ0v) is 13.4. The van der Waals surface area contributed by atoms with E-state index in [2.05, 4.69) is 20.9 Å². The number of aromatic nitrogens is 2. The number of rotatable bonds is 2. The molecule has 98 valence electrons. The summed E-state index contributed by atoms with van der Waals surface area (Å²) in [6.45, 7) is 0.651. The molecule has 0 bridgehead atoms. The summed E-state index contributed by atoms with van der Waals surface area (Å²) in [5, 5.41) is 3.01. The van der Waals surface area contributed by atoms with Gasteiger partial charge < -0.3 is 10.3 Å². The Labute approximate surface area is 132 Å². The molecule has 3 rings (SSSR count). The monoisotopic (exact) mass is 375 g/mol. The molecule has 1 aromatic carbocycles. The Balaban J connectivity index is 2.15. The molecule has 0 saturated carbocycles. The van der Waals surface area contributed by atoms with Gasteiger partial charge in [-0.05, 0) is 39.5 Å². The molecule has 0 radical (unpaired) electrons. The summed E-state index contributed by atoms with van der Waals surface area (Å²) in [5.41, 5.74) is 7.61. The predicted molar refractivity (Wildman–Crippen MR) is 85.3 cm³/mol. The third-order valence-electron chi connectivity index (χ3n) is 2.81. The fourth-order valence-corrected chi connectivity index (χ4v) is 3.67. The summed E-state index contributed by atoms with van der Waals surface area (Å²) < 4.78 is 2.99. The van der Waals surface area contributed by atoms with Crippen LogP contribution >= 0.6 is 50.5 Å². The minimum absolute atomic E-state index is 0.452. The first kappa shape index (κ1) is 13.2. The number of benzene rings is 1. The average Bonchev–Trinajstić information content (AvgIpc) is 2.88. The second-order valence-electron chi connectivity index (χ2n) is 4.00. The highest BCUT2D eigenvalue weighted by molar-refractivity contribution is 9.10. The number of halogens is 3. The number of thiophene rings is 1. The molecule has 3 nitrogen and oxygen atoms in total. The highest BCUT2D eigenvalue weighted by atomic mass is 79.9. The van der Waals surface area contributed by atoms with Crippen LogP contribution in [0.25, 0.3) is 11.0 Å². The molecule has 0 aliphatic carbocycles. The molecular weight excluding hydrogens is 369 g/mol. The standard InChI is InChI=1S/C12H8BrCl2N3S/c13-6-1-2-19-11(6)5-18-10-4-8(15)7(14)3-9(10)17-12(18)16/h1-4H,5H2,(H2,16,17). The Morgan fingerprint density at radius 2 is 2.05 bits per heavy atom. The molecule has 0 fully saturated rings.